The van der Waals surface area contributed by atoms with Crippen LogP contribution in [0.4, 0.5) is 0 Å². The molecule has 2 unspecified atom stereocenters. The van der Waals surface area contributed by atoms with Gasteiger partial charge in [0.1, 0.15) is 0 Å². The zero-order valence-corrected chi connectivity index (χ0v) is 13.9. The topological polar surface area (TPSA) is 30.5 Å². The predicted octanol–water partition coefficient (Wildman–Crippen LogP) is 4.23. The number of benzene rings is 1. The van der Waals surface area contributed by atoms with Gasteiger partial charge in [0.05, 0.1) is 16.7 Å². The van der Waals surface area contributed by atoms with Crippen LogP contribution >= 0.6 is 23.2 Å². The van der Waals surface area contributed by atoms with E-state index in [0.29, 0.717) is 22.6 Å². The van der Waals surface area contributed by atoms with E-state index in [1.165, 1.54) is 12.0 Å². The molecule has 1 aliphatic heterocycles. The molecule has 118 valence electrons. The minimum Gasteiger partial charge on any atom is -0.353 e. The lowest BCUT2D eigenvalue weighted by Gasteiger charge is -2.24. The maximum absolute atomic E-state index is 6.11. The summed E-state index contributed by atoms with van der Waals surface area (Å²) in [4.78, 5) is 0. The first kappa shape index (κ1) is 17.0. The summed E-state index contributed by atoms with van der Waals surface area (Å²) in [6.07, 6.45) is 4.24. The Morgan fingerprint density at radius 2 is 2.19 bits per heavy atom. The van der Waals surface area contributed by atoms with Crippen molar-refractivity contribution in [1.82, 2.24) is 5.32 Å². The van der Waals surface area contributed by atoms with Crippen LogP contribution in [0.1, 0.15) is 37.2 Å². The Hall–Kier alpha value is -0.320. The van der Waals surface area contributed by atoms with E-state index in [2.05, 4.69) is 5.32 Å². The van der Waals surface area contributed by atoms with Gasteiger partial charge in [-0.3, -0.25) is 0 Å². The minimum absolute atomic E-state index is 0.0252. The van der Waals surface area contributed by atoms with Gasteiger partial charge < -0.3 is 14.8 Å². The number of hydrogen-bond donors (Lipinski definition) is 1. The van der Waals surface area contributed by atoms with Gasteiger partial charge in [-0.05, 0) is 56.3 Å². The molecule has 1 aromatic rings. The minimum atomic E-state index is -0.0252. The summed E-state index contributed by atoms with van der Waals surface area (Å²) in [6, 6.07) is 5.84. The van der Waals surface area contributed by atoms with E-state index in [4.69, 9.17) is 32.7 Å². The van der Waals surface area contributed by atoms with Crippen molar-refractivity contribution in [3.05, 3.63) is 33.8 Å². The molecule has 21 heavy (non-hydrogen) atoms. The Labute approximate surface area is 136 Å². The van der Waals surface area contributed by atoms with E-state index in [0.717, 1.165) is 32.4 Å². The number of hydrogen-bond acceptors (Lipinski definition) is 3. The normalized spacial score (nSPS) is 20.4. The van der Waals surface area contributed by atoms with Crippen LogP contribution in [-0.4, -0.2) is 33.1 Å². The second kappa shape index (κ2) is 8.96. The van der Waals surface area contributed by atoms with Gasteiger partial charge in [0.15, 0.2) is 6.29 Å². The van der Waals surface area contributed by atoms with Crippen LogP contribution in [0.2, 0.25) is 10.0 Å². The number of nitrogens with one attached hydrogen (secondary N) is 1. The third kappa shape index (κ3) is 5.42. The van der Waals surface area contributed by atoms with Crippen molar-refractivity contribution in [2.45, 2.75) is 37.9 Å². The predicted molar refractivity (Wildman–Crippen MR) is 87.3 cm³/mol. The van der Waals surface area contributed by atoms with E-state index in [9.17, 15) is 0 Å². The third-order valence-electron chi connectivity index (χ3n) is 3.77. The quantitative estimate of drug-likeness (QED) is 0.810. The molecule has 0 saturated carbocycles. The highest BCUT2D eigenvalue weighted by molar-refractivity contribution is 6.42. The number of rotatable bonds is 7. The van der Waals surface area contributed by atoms with Gasteiger partial charge in [-0.25, -0.2) is 0 Å². The molecule has 1 aromatic carbocycles. The van der Waals surface area contributed by atoms with Crippen LogP contribution in [0.25, 0.3) is 0 Å². The van der Waals surface area contributed by atoms with Gasteiger partial charge in [0.25, 0.3) is 0 Å². The summed E-state index contributed by atoms with van der Waals surface area (Å²) < 4.78 is 11.4. The highest BCUT2D eigenvalue weighted by atomic mass is 35.5. The SMILES string of the molecule is CNCC(CCOC1CCCCO1)c1ccc(Cl)c(Cl)c1. The molecule has 2 rings (SSSR count). The average molecular weight is 332 g/mol. The van der Waals surface area contributed by atoms with Gasteiger partial charge in [-0.15, -0.1) is 0 Å². The molecule has 1 fully saturated rings. The van der Waals surface area contributed by atoms with Crippen LogP contribution in [0.5, 0.6) is 0 Å². The lowest BCUT2D eigenvalue weighted by atomic mass is 9.96. The summed E-state index contributed by atoms with van der Waals surface area (Å²) in [5.41, 5.74) is 1.19. The number of halogens is 2. The van der Waals surface area contributed by atoms with E-state index in [1.807, 2.05) is 25.2 Å². The van der Waals surface area contributed by atoms with Crippen molar-refractivity contribution in [3.63, 3.8) is 0 Å². The van der Waals surface area contributed by atoms with Crippen LogP contribution in [0.15, 0.2) is 18.2 Å². The van der Waals surface area contributed by atoms with Gasteiger partial charge in [0.2, 0.25) is 0 Å². The first-order valence-corrected chi connectivity index (χ1v) is 8.29. The second-order valence-corrected chi connectivity index (χ2v) is 6.20. The summed E-state index contributed by atoms with van der Waals surface area (Å²) in [6.45, 7) is 2.39. The zero-order valence-electron chi connectivity index (χ0n) is 12.4. The first-order valence-electron chi connectivity index (χ1n) is 7.53. The fourth-order valence-electron chi connectivity index (χ4n) is 2.58. The fourth-order valence-corrected chi connectivity index (χ4v) is 2.89. The highest BCUT2D eigenvalue weighted by Gasteiger charge is 2.16. The standard InChI is InChI=1S/C16H23Cl2NO2/c1-19-11-13(12-5-6-14(17)15(18)10-12)7-9-21-16-4-2-3-8-20-16/h5-6,10,13,16,19H,2-4,7-9,11H2,1H3. The van der Waals surface area contributed by atoms with E-state index in [1.54, 1.807) is 0 Å². The maximum atomic E-state index is 6.11. The molecule has 0 bridgehead atoms. The zero-order chi connectivity index (χ0) is 15.1. The number of ether oxygens (including phenoxy) is 2. The average Bonchev–Trinajstić information content (AvgIpc) is 2.50. The van der Waals surface area contributed by atoms with Crippen molar-refractivity contribution in [1.29, 1.82) is 0 Å². The molecule has 5 heteroatoms. The lowest BCUT2D eigenvalue weighted by molar-refractivity contribution is -0.163. The Bertz CT molecular complexity index is 436. The van der Waals surface area contributed by atoms with Crippen molar-refractivity contribution in [2.75, 3.05) is 26.8 Å². The largest absolute Gasteiger partial charge is 0.353 e. The van der Waals surface area contributed by atoms with Gasteiger partial charge in [-0.1, -0.05) is 29.3 Å². The molecule has 2 atom stereocenters. The van der Waals surface area contributed by atoms with Crippen LogP contribution in [0.3, 0.4) is 0 Å². The molecular weight excluding hydrogens is 309 g/mol. The molecule has 0 radical (unpaired) electrons. The van der Waals surface area contributed by atoms with E-state index >= 15 is 0 Å². The summed E-state index contributed by atoms with van der Waals surface area (Å²) in [7, 11) is 1.95. The van der Waals surface area contributed by atoms with Crippen molar-refractivity contribution in [2.24, 2.45) is 0 Å². The number of likely N-dealkylation sites (N-methyl/N-ethyl adjacent to an activating group) is 1. The first-order chi connectivity index (χ1) is 10.2. The molecule has 1 heterocycles. The van der Waals surface area contributed by atoms with Gasteiger partial charge in [-0.2, -0.15) is 0 Å². The molecule has 1 N–H and O–H groups in total. The van der Waals surface area contributed by atoms with E-state index in [-0.39, 0.29) is 6.29 Å². The molecule has 1 saturated heterocycles. The molecular formula is C16H23Cl2NO2. The maximum Gasteiger partial charge on any atom is 0.157 e. The van der Waals surface area contributed by atoms with Crippen molar-refractivity contribution < 1.29 is 9.47 Å². The van der Waals surface area contributed by atoms with Gasteiger partial charge >= 0.3 is 0 Å². The molecule has 0 aliphatic carbocycles. The Kier molecular flexibility index (Phi) is 7.27. The summed E-state index contributed by atoms with van der Waals surface area (Å²) in [5, 5.41) is 4.42. The molecule has 3 nitrogen and oxygen atoms in total. The smallest absolute Gasteiger partial charge is 0.157 e. The van der Waals surface area contributed by atoms with Crippen LogP contribution in [0, 0.1) is 0 Å². The summed E-state index contributed by atoms with van der Waals surface area (Å²) in [5.74, 6) is 0.355. The van der Waals surface area contributed by atoms with Crippen molar-refractivity contribution >= 4 is 23.2 Å². The molecule has 1 aliphatic rings. The lowest BCUT2D eigenvalue weighted by Crippen LogP contribution is -2.24. The van der Waals surface area contributed by atoms with Gasteiger partial charge in [0, 0.05) is 13.2 Å². The summed E-state index contributed by atoms with van der Waals surface area (Å²) >= 11 is 12.1. The van der Waals surface area contributed by atoms with E-state index < -0.39 is 0 Å². The third-order valence-corrected chi connectivity index (χ3v) is 4.51. The molecule has 0 aromatic heterocycles. The Morgan fingerprint density at radius 3 is 2.86 bits per heavy atom. The molecule has 0 amide bonds. The van der Waals surface area contributed by atoms with Crippen LogP contribution < -0.4 is 5.32 Å². The Morgan fingerprint density at radius 1 is 1.33 bits per heavy atom. The second-order valence-electron chi connectivity index (χ2n) is 5.38. The monoisotopic (exact) mass is 331 g/mol. The van der Waals surface area contributed by atoms with Crippen molar-refractivity contribution in [3.8, 4) is 0 Å². The van der Waals surface area contributed by atoms with Crippen LogP contribution in [-0.2, 0) is 9.47 Å². The Balaban J connectivity index is 1.87. The molecule has 0 spiro atoms. The fraction of sp³-hybridized carbons (Fsp3) is 0.625. The highest BCUT2D eigenvalue weighted by Crippen LogP contribution is 2.28.